The summed E-state index contributed by atoms with van der Waals surface area (Å²) in [5.74, 6) is -0.758. The van der Waals surface area contributed by atoms with Crippen LogP contribution in [0.5, 0.6) is 5.88 Å². The van der Waals surface area contributed by atoms with Crippen molar-refractivity contribution in [2.24, 2.45) is 0 Å². The zero-order valence-corrected chi connectivity index (χ0v) is 21.4. The van der Waals surface area contributed by atoms with E-state index in [1.54, 1.807) is 31.3 Å². The molecule has 0 amide bonds. The highest BCUT2D eigenvalue weighted by Gasteiger charge is 2.37. The lowest BCUT2D eigenvalue weighted by molar-refractivity contribution is -0.384. The minimum absolute atomic E-state index is 0. The first-order chi connectivity index (χ1) is 15.2. The van der Waals surface area contributed by atoms with Crippen LogP contribution in [0.1, 0.15) is 37.8 Å². The third kappa shape index (κ3) is 6.59. The molecule has 1 aromatic heterocycles. The summed E-state index contributed by atoms with van der Waals surface area (Å²) in [6, 6.07) is 8.07. The normalized spacial score (nSPS) is 14.5. The quantitative estimate of drug-likeness (QED) is 0.311. The summed E-state index contributed by atoms with van der Waals surface area (Å²) in [5.41, 5.74) is 2.89. The zero-order valence-electron chi connectivity index (χ0n) is 19.7. The standard InChI is InChI=1S/C23H28N4O5.2ClH/c1-14(2)32-22-21-18(9-10-24-22)25-15(3)19(23(28)31-12-11-26(4)5)20(21)16-7-6-8-17(13-16)27(29)30;;/h6-10,13-14,20,25H,11-12H2,1-5H3;2*1H. The zero-order chi connectivity index (χ0) is 23.4. The third-order valence-corrected chi connectivity index (χ3v) is 5.01. The SMILES string of the molecule is CC1=C(C(=O)OCCN(C)C)C(c2cccc([N+](=O)[O-])c2)c2c(ccnc2OC(C)C)N1.Cl.Cl. The van der Waals surface area contributed by atoms with Crippen molar-refractivity contribution in [3.8, 4) is 5.88 Å². The van der Waals surface area contributed by atoms with Crippen LogP contribution in [0.4, 0.5) is 11.4 Å². The first-order valence-electron chi connectivity index (χ1n) is 10.4. The Morgan fingerprint density at radius 2 is 1.97 bits per heavy atom. The number of carbonyl (C=O) groups excluding carboxylic acids is 1. The summed E-state index contributed by atoms with van der Waals surface area (Å²) < 4.78 is 11.5. The molecule has 1 N–H and O–H groups in total. The number of pyridine rings is 1. The second-order valence-electron chi connectivity index (χ2n) is 8.13. The maximum absolute atomic E-state index is 13.2. The molecule has 1 aromatic carbocycles. The predicted octanol–water partition coefficient (Wildman–Crippen LogP) is 4.56. The molecule has 0 aliphatic carbocycles. The number of allylic oxidation sites excluding steroid dienone is 1. The van der Waals surface area contributed by atoms with E-state index < -0.39 is 16.8 Å². The number of nitrogens with one attached hydrogen (secondary N) is 1. The van der Waals surface area contributed by atoms with Crippen molar-refractivity contribution in [1.29, 1.82) is 0 Å². The van der Waals surface area contributed by atoms with Crippen molar-refractivity contribution in [3.63, 3.8) is 0 Å². The van der Waals surface area contributed by atoms with Gasteiger partial charge in [-0.05, 0) is 46.5 Å². The molecule has 34 heavy (non-hydrogen) atoms. The summed E-state index contributed by atoms with van der Waals surface area (Å²) in [5, 5.41) is 14.7. The van der Waals surface area contributed by atoms with Crippen molar-refractivity contribution < 1.29 is 19.2 Å². The number of anilines is 1. The highest BCUT2D eigenvalue weighted by atomic mass is 35.5. The molecule has 0 bridgehead atoms. The summed E-state index contributed by atoms with van der Waals surface area (Å²) in [6.07, 6.45) is 1.48. The molecule has 11 heteroatoms. The molecule has 0 fully saturated rings. The molecule has 1 aliphatic heterocycles. The van der Waals surface area contributed by atoms with Crippen molar-refractivity contribution in [2.45, 2.75) is 32.8 Å². The van der Waals surface area contributed by atoms with Gasteiger partial charge in [0, 0.05) is 41.8 Å². The Balaban J connectivity index is 0.00000289. The number of nitro groups is 1. The van der Waals surface area contributed by atoms with Crippen molar-refractivity contribution in [3.05, 3.63) is 69.0 Å². The van der Waals surface area contributed by atoms with E-state index in [9.17, 15) is 14.9 Å². The van der Waals surface area contributed by atoms with Crippen molar-refractivity contribution >= 4 is 42.2 Å². The van der Waals surface area contributed by atoms with Gasteiger partial charge in [-0.2, -0.15) is 0 Å². The summed E-state index contributed by atoms with van der Waals surface area (Å²) in [7, 11) is 3.79. The molecule has 0 radical (unpaired) electrons. The monoisotopic (exact) mass is 512 g/mol. The van der Waals surface area contributed by atoms with Gasteiger partial charge in [0.15, 0.2) is 0 Å². The highest BCUT2D eigenvalue weighted by Crippen LogP contribution is 2.46. The number of halogens is 2. The Morgan fingerprint density at radius 1 is 1.26 bits per heavy atom. The number of benzene rings is 1. The number of likely N-dealkylation sites (N-methyl/N-ethyl adjacent to an activating group) is 1. The lowest BCUT2D eigenvalue weighted by atomic mass is 9.81. The van der Waals surface area contributed by atoms with Crippen LogP contribution in [-0.4, -0.2) is 54.1 Å². The van der Waals surface area contributed by atoms with Gasteiger partial charge in [-0.3, -0.25) is 10.1 Å². The van der Waals surface area contributed by atoms with Crippen LogP contribution in [-0.2, 0) is 9.53 Å². The maximum Gasteiger partial charge on any atom is 0.336 e. The second kappa shape index (κ2) is 12.5. The number of non-ortho nitro benzene ring substituents is 1. The first kappa shape index (κ1) is 29.2. The Kier molecular flexibility index (Phi) is 10.8. The minimum atomic E-state index is -0.638. The Hall–Kier alpha value is -2.88. The molecule has 9 nitrogen and oxygen atoms in total. The van der Waals surface area contributed by atoms with Gasteiger partial charge in [-0.1, -0.05) is 12.1 Å². The van der Waals surface area contributed by atoms with Crippen molar-refractivity contribution in [2.75, 3.05) is 32.6 Å². The van der Waals surface area contributed by atoms with E-state index in [1.165, 1.54) is 12.1 Å². The molecule has 3 rings (SSSR count). The van der Waals surface area contributed by atoms with Gasteiger partial charge in [0.25, 0.3) is 5.69 Å². The number of aromatic nitrogens is 1. The lowest BCUT2D eigenvalue weighted by Gasteiger charge is -2.31. The number of hydrogen-bond acceptors (Lipinski definition) is 8. The van der Waals surface area contributed by atoms with Crippen LogP contribution in [0.2, 0.25) is 0 Å². The number of fused-ring (bicyclic) bond motifs is 1. The van der Waals surface area contributed by atoms with E-state index in [4.69, 9.17) is 9.47 Å². The van der Waals surface area contributed by atoms with Crippen LogP contribution < -0.4 is 10.1 Å². The lowest BCUT2D eigenvalue weighted by Crippen LogP contribution is -2.27. The largest absolute Gasteiger partial charge is 0.475 e. The molecular weight excluding hydrogens is 483 g/mol. The summed E-state index contributed by atoms with van der Waals surface area (Å²) in [6.45, 7) is 6.36. The molecule has 186 valence electrons. The smallest absolute Gasteiger partial charge is 0.336 e. The van der Waals surface area contributed by atoms with E-state index in [1.807, 2.05) is 32.8 Å². The van der Waals surface area contributed by atoms with Crippen LogP contribution in [0.15, 0.2) is 47.8 Å². The molecule has 1 aliphatic rings. The van der Waals surface area contributed by atoms with E-state index in [0.717, 1.165) is 5.69 Å². The van der Waals surface area contributed by atoms with Gasteiger partial charge in [0.2, 0.25) is 5.88 Å². The molecule has 1 unspecified atom stereocenters. The Bertz CT molecular complexity index is 1060. The average molecular weight is 513 g/mol. The third-order valence-electron chi connectivity index (χ3n) is 5.01. The van der Waals surface area contributed by atoms with Crippen LogP contribution >= 0.6 is 24.8 Å². The Morgan fingerprint density at radius 3 is 2.59 bits per heavy atom. The number of nitro benzene ring substituents is 1. The molecule has 0 saturated carbocycles. The van der Waals surface area contributed by atoms with Gasteiger partial charge < -0.3 is 19.7 Å². The average Bonchev–Trinajstić information content (AvgIpc) is 2.72. The maximum atomic E-state index is 13.2. The van der Waals surface area contributed by atoms with Gasteiger partial charge in [0.1, 0.15) is 6.61 Å². The van der Waals surface area contributed by atoms with Crippen molar-refractivity contribution in [1.82, 2.24) is 9.88 Å². The molecular formula is C23H30Cl2N4O5. The number of hydrogen-bond donors (Lipinski definition) is 1. The van der Waals surface area contributed by atoms with E-state index in [2.05, 4.69) is 10.3 Å². The summed E-state index contributed by atoms with van der Waals surface area (Å²) in [4.78, 5) is 30.5. The molecule has 0 spiro atoms. The fourth-order valence-electron chi connectivity index (χ4n) is 3.61. The van der Waals surface area contributed by atoms with Crippen LogP contribution in [0.3, 0.4) is 0 Å². The number of ether oxygens (including phenoxy) is 2. The number of esters is 1. The number of nitrogens with zero attached hydrogens (tertiary/aromatic N) is 3. The fraction of sp³-hybridized carbons (Fsp3) is 0.391. The fourth-order valence-corrected chi connectivity index (χ4v) is 3.61. The molecule has 0 saturated heterocycles. The predicted molar refractivity (Wildman–Crippen MR) is 135 cm³/mol. The van der Waals surface area contributed by atoms with Gasteiger partial charge >= 0.3 is 5.97 Å². The molecule has 2 heterocycles. The van der Waals surface area contributed by atoms with E-state index in [-0.39, 0.29) is 43.2 Å². The topological polar surface area (TPSA) is 107 Å². The minimum Gasteiger partial charge on any atom is -0.475 e. The summed E-state index contributed by atoms with van der Waals surface area (Å²) >= 11 is 0. The van der Waals surface area contributed by atoms with Gasteiger partial charge in [0.05, 0.1) is 22.5 Å². The molecule has 2 aromatic rings. The molecule has 1 atom stereocenters. The Labute approximate surface area is 211 Å². The van der Waals surface area contributed by atoms with Crippen LogP contribution in [0.25, 0.3) is 0 Å². The highest BCUT2D eigenvalue weighted by molar-refractivity contribution is 5.95. The van der Waals surface area contributed by atoms with Gasteiger partial charge in [-0.15, -0.1) is 24.8 Å². The van der Waals surface area contributed by atoms with Crippen LogP contribution in [0, 0.1) is 10.1 Å². The number of carbonyl (C=O) groups is 1. The van der Waals surface area contributed by atoms with E-state index >= 15 is 0 Å². The number of rotatable bonds is 8. The second-order valence-corrected chi connectivity index (χ2v) is 8.13. The first-order valence-corrected chi connectivity index (χ1v) is 10.4. The van der Waals surface area contributed by atoms with E-state index in [0.29, 0.717) is 34.8 Å². The van der Waals surface area contributed by atoms with Gasteiger partial charge in [-0.25, -0.2) is 9.78 Å².